The van der Waals surface area contributed by atoms with Crippen molar-refractivity contribution in [2.75, 3.05) is 11.5 Å². The maximum Gasteiger partial charge on any atom is 0.330 e. The fourth-order valence-corrected chi connectivity index (χ4v) is 4.45. The molecule has 0 radical (unpaired) electrons. The number of carboxylic acid groups (broad SMARTS) is 1. The summed E-state index contributed by atoms with van der Waals surface area (Å²) in [6.07, 6.45) is 0.447. The first-order chi connectivity index (χ1) is 10.4. The third-order valence-corrected chi connectivity index (χ3v) is 5.64. The van der Waals surface area contributed by atoms with Gasteiger partial charge < -0.3 is 15.7 Å². The van der Waals surface area contributed by atoms with Crippen LogP contribution in [-0.4, -0.2) is 39.9 Å². The van der Waals surface area contributed by atoms with Crippen LogP contribution in [0.2, 0.25) is 0 Å². The van der Waals surface area contributed by atoms with Crippen molar-refractivity contribution in [2.24, 2.45) is 0 Å². The molecule has 2 atom stereocenters. The van der Waals surface area contributed by atoms with Crippen LogP contribution in [0.5, 0.6) is 0 Å². The Bertz CT molecular complexity index is 553. The van der Waals surface area contributed by atoms with Gasteiger partial charge in [0.1, 0.15) is 5.54 Å². The summed E-state index contributed by atoms with van der Waals surface area (Å²) in [7, 11) is 0. The van der Waals surface area contributed by atoms with Crippen LogP contribution < -0.4 is 10.6 Å². The average molecular weight is 342 g/mol. The zero-order valence-corrected chi connectivity index (χ0v) is 13.8. The number of rotatable bonds is 6. The monoisotopic (exact) mass is 342 g/mol. The highest BCUT2D eigenvalue weighted by Crippen LogP contribution is 2.29. The van der Waals surface area contributed by atoms with Gasteiger partial charge in [0, 0.05) is 17.6 Å². The Kier molecular flexibility index (Phi) is 5.47. The first kappa shape index (κ1) is 16.8. The van der Waals surface area contributed by atoms with Crippen molar-refractivity contribution in [3.05, 3.63) is 22.4 Å². The normalized spacial score (nSPS) is 22.0. The molecule has 8 heteroatoms. The quantitative estimate of drug-likeness (QED) is 0.726. The fraction of sp³-hybridized carbons (Fsp3) is 0.500. The van der Waals surface area contributed by atoms with Crippen molar-refractivity contribution >= 4 is 40.9 Å². The smallest absolute Gasteiger partial charge is 0.330 e. The summed E-state index contributed by atoms with van der Waals surface area (Å²) in [5.41, 5.74) is -1.18. The lowest BCUT2D eigenvalue weighted by atomic mass is 9.98. The molecule has 0 aromatic carbocycles. The Labute approximate surface area is 136 Å². The van der Waals surface area contributed by atoms with Crippen molar-refractivity contribution < 1.29 is 19.5 Å². The maximum atomic E-state index is 12.3. The summed E-state index contributed by atoms with van der Waals surface area (Å²) >= 11 is 2.96. The lowest BCUT2D eigenvalue weighted by Gasteiger charge is -2.26. The molecule has 1 fully saturated rings. The van der Waals surface area contributed by atoms with E-state index in [-0.39, 0.29) is 18.2 Å². The van der Waals surface area contributed by atoms with Gasteiger partial charge in [-0.2, -0.15) is 11.8 Å². The van der Waals surface area contributed by atoms with E-state index in [2.05, 4.69) is 10.6 Å². The molecular weight excluding hydrogens is 324 g/mol. The summed E-state index contributed by atoms with van der Waals surface area (Å²) in [6, 6.07) is 3.26. The molecule has 2 rings (SSSR count). The average Bonchev–Trinajstić information content (AvgIpc) is 3.08. The number of amides is 2. The van der Waals surface area contributed by atoms with Crippen molar-refractivity contribution in [1.29, 1.82) is 0 Å². The third-order valence-electron chi connectivity index (χ3n) is 3.46. The molecule has 0 spiro atoms. The number of carboxylic acids is 1. The number of hydrogen-bond donors (Lipinski definition) is 3. The molecule has 22 heavy (non-hydrogen) atoms. The second-order valence-electron chi connectivity index (χ2n) is 5.21. The van der Waals surface area contributed by atoms with Crippen LogP contribution in [0.4, 0.5) is 0 Å². The standard InChI is InChI=1S/C14H18N2O4S2/c1-9(17)15-10(11-3-2-5-22-11)7-12(18)16-14(13(19)20)4-6-21-8-14/h2-3,5,10H,4,6-8H2,1H3,(H,15,17)(H,16,18)(H,19,20). The summed E-state index contributed by atoms with van der Waals surface area (Å²) in [4.78, 5) is 35.9. The molecule has 1 aliphatic rings. The molecule has 0 aliphatic carbocycles. The largest absolute Gasteiger partial charge is 0.479 e. The van der Waals surface area contributed by atoms with E-state index < -0.39 is 17.6 Å². The highest BCUT2D eigenvalue weighted by Gasteiger charge is 2.43. The van der Waals surface area contributed by atoms with Crippen LogP contribution in [0, 0.1) is 0 Å². The van der Waals surface area contributed by atoms with E-state index in [1.165, 1.54) is 30.0 Å². The minimum absolute atomic E-state index is 0.0276. The number of nitrogens with one attached hydrogen (secondary N) is 2. The van der Waals surface area contributed by atoms with Crippen molar-refractivity contribution in [1.82, 2.24) is 10.6 Å². The number of thioether (sulfide) groups is 1. The zero-order chi connectivity index (χ0) is 16.2. The van der Waals surface area contributed by atoms with Crippen LogP contribution in [0.15, 0.2) is 17.5 Å². The summed E-state index contributed by atoms with van der Waals surface area (Å²) in [5, 5.41) is 16.6. The zero-order valence-electron chi connectivity index (χ0n) is 12.1. The van der Waals surface area contributed by atoms with Gasteiger partial charge in [-0.25, -0.2) is 4.79 Å². The van der Waals surface area contributed by atoms with E-state index >= 15 is 0 Å². The van der Waals surface area contributed by atoms with E-state index in [0.29, 0.717) is 17.9 Å². The van der Waals surface area contributed by atoms with Gasteiger partial charge in [-0.15, -0.1) is 11.3 Å². The molecule has 3 N–H and O–H groups in total. The van der Waals surface area contributed by atoms with E-state index in [1.54, 1.807) is 0 Å². The number of thiophene rings is 1. The molecule has 1 saturated heterocycles. The highest BCUT2D eigenvalue weighted by molar-refractivity contribution is 7.99. The molecule has 0 bridgehead atoms. The Hall–Kier alpha value is -1.54. The third kappa shape index (κ3) is 4.01. The Morgan fingerprint density at radius 3 is 2.73 bits per heavy atom. The van der Waals surface area contributed by atoms with E-state index in [0.717, 1.165) is 4.88 Å². The lowest BCUT2D eigenvalue weighted by molar-refractivity contribution is -0.146. The van der Waals surface area contributed by atoms with Crippen LogP contribution in [0.25, 0.3) is 0 Å². The number of carbonyl (C=O) groups is 3. The summed E-state index contributed by atoms with van der Waals surface area (Å²) in [6.45, 7) is 1.39. The molecule has 2 amide bonds. The highest BCUT2D eigenvalue weighted by atomic mass is 32.2. The van der Waals surface area contributed by atoms with Gasteiger partial charge in [-0.05, 0) is 23.6 Å². The molecule has 2 heterocycles. The molecule has 1 aliphatic heterocycles. The van der Waals surface area contributed by atoms with E-state index in [4.69, 9.17) is 0 Å². The van der Waals surface area contributed by atoms with Crippen molar-refractivity contribution in [3.63, 3.8) is 0 Å². The molecular formula is C14H18N2O4S2. The van der Waals surface area contributed by atoms with Gasteiger partial charge >= 0.3 is 5.97 Å². The molecule has 120 valence electrons. The second-order valence-corrected chi connectivity index (χ2v) is 7.30. The predicted molar refractivity (Wildman–Crippen MR) is 85.9 cm³/mol. The summed E-state index contributed by atoms with van der Waals surface area (Å²) < 4.78 is 0. The van der Waals surface area contributed by atoms with Crippen molar-refractivity contribution in [3.8, 4) is 0 Å². The second kappa shape index (κ2) is 7.15. The van der Waals surface area contributed by atoms with Gasteiger partial charge in [0.05, 0.1) is 12.5 Å². The van der Waals surface area contributed by atoms with Gasteiger partial charge in [-0.1, -0.05) is 6.07 Å². The molecule has 1 aromatic heterocycles. The number of carbonyl (C=O) groups excluding carboxylic acids is 2. The van der Waals surface area contributed by atoms with Crippen molar-refractivity contribution in [2.45, 2.75) is 31.3 Å². The molecule has 1 aromatic rings. The minimum atomic E-state index is -1.18. The van der Waals surface area contributed by atoms with Crippen LogP contribution in [-0.2, 0) is 14.4 Å². The first-order valence-corrected chi connectivity index (χ1v) is 8.89. The van der Waals surface area contributed by atoms with Gasteiger partial charge in [0.15, 0.2) is 0 Å². The number of aliphatic carboxylic acids is 1. The SMILES string of the molecule is CC(=O)NC(CC(=O)NC1(C(=O)O)CCSC1)c1cccs1. The molecule has 2 unspecified atom stereocenters. The maximum absolute atomic E-state index is 12.3. The minimum Gasteiger partial charge on any atom is -0.479 e. The van der Waals surface area contributed by atoms with Crippen LogP contribution in [0.1, 0.15) is 30.7 Å². The Morgan fingerprint density at radius 2 is 2.23 bits per heavy atom. The van der Waals surface area contributed by atoms with Crippen LogP contribution in [0.3, 0.4) is 0 Å². The number of hydrogen-bond acceptors (Lipinski definition) is 5. The topological polar surface area (TPSA) is 95.5 Å². The molecule has 6 nitrogen and oxygen atoms in total. The van der Waals surface area contributed by atoms with Gasteiger partial charge in [0.25, 0.3) is 0 Å². The molecule has 0 saturated carbocycles. The Morgan fingerprint density at radius 1 is 1.45 bits per heavy atom. The lowest BCUT2D eigenvalue weighted by Crippen LogP contribution is -2.55. The van der Waals surface area contributed by atoms with Crippen LogP contribution >= 0.6 is 23.1 Å². The first-order valence-electron chi connectivity index (χ1n) is 6.85. The summed E-state index contributed by atoms with van der Waals surface area (Å²) in [5.74, 6) is -0.504. The Balaban J connectivity index is 2.04. The predicted octanol–water partition coefficient (Wildman–Crippen LogP) is 1.39. The van der Waals surface area contributed by atoms with E-state index in [9.17, 15) is 19.5 Å². The fourth-order valence-electron chi connectivity index (χ4n) is 2.35. The van der Waals surface area contributed by atoms with Gasteiger partial charge in [0.2, 0.25) is 11.8 Å². The van der Waals surface area contributed by atoms with E-state index in [1.807, 2.05) is 17.5 Å². The van der Waals surface area contributed by atoms with Gasteiger partial charge in [-0.3, -0.25) is 9.59 Å².